The highest BCUT2D eigenvalue weighted by Crippen LogP contribution is 2.37. The van der Waals surface area contributed by atoms with Crippen molar-refractivity contribution in [3.8, 4) is 0 Å². The smallest absolute Gasteiger partial charge is 0.0349 e. The normalized spacial score (nSPS) is 11.6. The summed E-state index contributed by atoms with van der Waals surface area (Å²) in [5, 5.41) is 4.66. The first kappa shape index (κ1) is 12.1. The van der Waals surface area contributed by atoms with Gasteiger partial charge in [-0.05, 0) is 42.1 Å². The van der Waals surface area contributed by atoms with Crippen molar-refractivity contribution in [2.45, 2.75) is 26.3 Å². The molecule has 1 aromatic heterocycles. The van der Waals surface area contributed by atoms with E-state index in [1.165, 1.54) is 20.5 Å². The van der Waals surface area contributed by atoms with E-state index in [2.05, 4.69) is 53.3 Å². The van der Waals surface area contributed by atoms with Gasteiger partial charge in [-0.2, -0.15) is 0 Å². The van der Waals surface area contributed by atoms with Crippen molar-refractivity contribution in [2.75, 3.05) is 7.05 Å². The lowest BCUT2D eigenvalue weighted by molar-refractivity contribution is 0.795. The molecule has 0 aliphatic heterocycles. The van der Waals surface area contributed by atoms with E-state index in [9.17, 15) is 0 Å². The first-order valence-corrected chi connectivity index (χ1v) is 7.10. The molecule has 1 nitrogen and oxygen atoms in total. The largest absolute Gasteiger partial charge is 0.315 e. The minimum Gasteiger partial charge on any atom is -0.315 e. The van der Waals surface area contributed by atoms with Gasteiger partial charge in [0.15, 0.2) is 0 Å². The molecule has 0 aliphatic rings. The molecular formula is C13H16BrNS. The fourth-order valence-electron chi connectivity index (χ4n) is 2.06. The quantitative estimate of drug-likeness (QED) is 0.879. The predicted octanol–water partition coefficient (Wildman–Crippen LogP) is 4.51. The van der Waals surface area contributed by atoms with Crippen molar-refractivity contribution in [1.82, 2.24) is 5.32 Å². The minimum absolute atomic E-state index is 0.575. The van der Waals surface area contributed by atoms with Crippen molar-refractivity contribution < 1.29 is 0 Å². The molecule has 0 aliphatic carbocycles. The molecule has 2 aromatic rings. The molecule has 3 heteroatoms. The lowest BCUT2D eigenvalue weighted by atomic mass is 9.99. The summed E-state index contributed by atoms with van der Waals surface area (Å²) >= 11 is 5.46. The first-order valence-electron chi connectivity index (χ1n) is 5.49. The van der Waals surface area contributed by atoms with Gasteiger partial charge < -0.3 is 5.32 Å². The van der Waals surface area contributed by atoms with E-state index in [4.69, 9.17) is 0 Å². The highest BCUT2D eigenvalue weighted by Gasteiger charge is 2.14. The highest BCUT2D eigenvalue weighted by atomic mass is 79.9. The zero-order valence-electron chi connectivity index (χ0n) is 9.80. The maximum Gasteiger partial charge on any atom is 0.0349 e. The van der Waals surface area contributed by atoms with E-state index in [-0.39, 0.29) is 0 Å². The summed E-state index contributed by atoms with van der Waals surface area (Å²) in [4.78, 5) is 1.46. The number of hydrogen-bond acceptors (Lipinski definition) is 2. The maximum atomic E-state index is 3.55. The number of halogens is 1. The van der Waals surface area contributed by atoms with Gasteiger partial charge in [-0.1, -0.05) is 29.8 Å². The second-order valence-electron chi connectivity index (χ2n) is 4.26. The van der Waals surface area contributed by atoms with Gasteiger partial charge in [0.25, 0.3) is 0 Å². The van der Waals surface area contributed by atoms with Crippen LogP contribution in [0.3, 0.4) is 0 Å². The van der Waals surface area contributed by atoms with Gasteiger partial charge >= 0.3 is 0 Å². The van der Waals surface area contributed by atoms with Crippen molar-refractivity contribution in [2.24, 2.45) is 0 Å². The molecule has 2 rings (SSSR count). The molecule has 0 fully saturated rings. The average molecular weight is 298 g/mol. The molecule has 0 spiro atoms. The van der Waals surface area contributed by atoms with Crippen molar-refractivity contribution >= 4 is 37.4 Å². The fourth-order valence-corrected chi connectivity index (χ4v) is 3.78. The first-order chi connectivity index (χ1) is 7.63. The maximum absolute atomic E-state index is 3.55. The molecule has 86 valence electrons. The molecule has 0 saturated heterocycles. The Kier molecular flexibility index (Phi) is 3.67. The molecule has 16 heavy (non-hydrogen) atoms. The van der Waals surface area contributed by atoms with Crippen LogP contribution in [0.25, 0.3) is 10.1 Å². The van der Waals surface area contributed by atoms with Gasteiger partial charge in [0.2, 0.25) is 0 Å². The van der Waals surface area contributed by atoms with Crippen molar-refractivity contribution in [3.63, 3.8) is 0 Å². The number of thiophene rings is 1. The van der Waals surface area contributed by atoms with Crippen LogP contribution < -0.4 is 5.32 Å². The summed E-state index contributed by atoms with van der Waals surface area (Å²) in [6.07, 6.45) is 0. The number of benzene rings is 1. The van der Waals surface area contributed by atoms with E-state index in [0.717, 1.165) is 11.0 Å². The second-order valence-corrected chi connectivity index (χ2v) is 6.32. The fraction of sp³-hybridized carbons (Fsp3) is 0.385. The Bertz CT molecular complexity index is 502. The summed E-state index contributed by atoms with van der Waals surface area (Å²) in [5.74, 6) is 0.575. The summed E-state index contributed by atoms with van der Waals surface area (Å²) in [7, 11) is 2.00. The Morgan fingerprint density at radius 3 is 2.75 bits per heavy atom. The van der Waals surface area contributed by atoms with Gasteiger partial charge in [-0.3, -0.25) is 0 Å². The molecule has 0 unspecified atom stereocenters. The van der Waals surface area contributed by atoms with Crippen LogP contribution in [0.4, 0.5) is 0 Å². The highest BCUT2D eigenvalue weighted by molar-refractivity contribution is 9.10. The van der Waals surface area contributed by atoms with Gasteiger partial charge in [0.05, 0.1) is 0 Å². The molecule has 0 radical (unpaired) electrons. The van der Waals surface area contributed by atoms with Gasteiger partial charge in [-0.15, -0.1) is 11.3 Å². The van der Waals surface area contributed by atoms with E-state index >= 15 is 0 Å². The van der Waals surface area contributed by atoms with E-state index in [1.807, 2.05) is 18.4 Å². The number of fused-ring (bicyclic) bond motifs is 1. The van der Waals surface area contributed by atoms with Crippen LogP contribution in [0.1, 0.15) is 30.2 Å². The number of nitrogens with one attached hydrogen (secondary N) is 1. The van der Waals surface area contributed by atoms with Gasteiger partial charge in [-0.25, -0.2) is 0 Å². The van der Waals surface area contributed by atoms with E-state index < -0.39 is 0 Å². The zero-order valence-corrected chi connectivity index (χ0v) is 12.2. The van der Waals surface area contributed by atoms with Crippen LogP contribution in [-0.4, -0.2) is 7.05 Å². The Morgan fingerprint density at radius 1 is 1.38 bits per heavy atom. The molecule has 0 atom stereocenters. The second kappa shape index (κ2) is 4.86. The van der Waals surface area contributed by atoms with E-state index in [0.29, 0.717) is 5.92 Å². The van der Waals surface area contributed by atoms with Crippen LogP contribution in [0, 0.1) is 0 Å². The third kappa shape index (κ3) is 2.17. The third-order valence-electron chi connectivity index (χ3n) is 2.68. The Balaban J connectivity index is 2.67. The summed E-state index contributed by atoms with van der Waals surface area (Å²) in [6, 6.07) is 6.56. The monoisotopic (exact) mass is 297 g/mol. The SMILES string of the molecule is CNCc1sc2ccc(Br)cc2c1C(C)C. The lowest BCUT2D eigenvalue weighted by Crippen LogP contribution is -2.05. The van der Waals surface area contributed by atoms with Gasteiger partial charge in [0.1, 0.15) is 0 Å². The molecule has 0 bridgehead atoms. The molecule has 0 saturated carbocycles. The van der Waals surface area contributed by atoms with Crippen LogP contribution in [0.2, 0.25) is 0 Å². The van der Waals surface area contributed by atoms with Crippen LogP contribution in [0.15, 0.2) is 22.7 Å². The third-order valence-corrected chi connectivity index (χ3v) is 4.36. The Hall–Kier alpha value is -0.380. The summed E-state index contributed by atoms with van der Waals surface area (Å²) in [5.41, 5.74) is 1.50. The summed E-state index contributed by atoms with van der Waals surface area (Å²) < 4.78 is 2.55. The summed E-state index contributed by atoms with van der Waals surface area (Å²) in [6.45, 7) is 5.49. The van der Waals surface area contributed by atoms with Crippen molar-refractivity contribution in [1.29, 1.82) is 0 Å². The van der Waals surface area contributed by atoms with Crippen LogP contribution >= 0.6 is 27.3 Å². The number of rotatable bonds is 3. The molecule has 1 heterocycles. The zero-order chi connectivity index (χ0) is 11.7. The van der Waals surface area contributed by atoms with E-state index in [1.54, 1.807) is 0 Å². The van der Waals surface area contributed by atoms with Crippen LogP contribution in [-0.2, 0) is 6.54 Å². The predicted molar refractivity (Wildman–Crippen MR) is 76.4 cm³/mol. The van der Waals surface area contributed by atoms with Crippen LogP contribution in [0.5, 0.6) is 0 Å². The molecular weight excluding hydrogens is 282 g/mol. The Morgan fingerprint density at radius 2 is 2.12 bits per heavy atom. The number of hydrogen-bond donors (Lipinski definition) is 1. The molecule has 1 N–H and O–H groups in total. The Labute approximate surface area is 109 Å². The van der Waals surface area contributed by atoms with Gasteiger partial charge in [0, 0.05) is 20.6 Å². The topological polar surface area (TPSA) is 12.0 Å². The standard InChI is InChI=1S/C13H16BrNS/c1-8(2)13-10-6-9(14)4-5-11(10)16-12(13)7-15-3/h4-6,8,15H,7H2,1-3H3. The lowest BCUT2D eigenvalue weighted by Gasteiger charge is -2.07. The average Bonchev–Trinajstić information content (AvgIpc) is 2.55. The molecule has 0 amide bonds. The van der Waals surface area contributed by atoms with Crippen molar-refractivity contribution in [3.05, 3.63) is 33.1 Å². The minimum atomic E-state index is 0.575. The molecule has 1 aromatic carbocycles.